The largest absolute Gasteiger partial charge is 0.479 e. The lowest BCUT2D eigenvalue weighted by molar-refractivity contribution is -0.301. The van der Waals surface area contributed by atoms with Gasteiger partial charge < -0.3 is 39.0 Å². The summed E-state index contributed by atoms with van der Waals surface area (Å²) in [4.78, 5) is 51.0. The van der Waals surface area contributed by atoms with Gasteiger partial charge in [0, 0.05) is 19.3 Å². The number of carbonyl (C=O) groups excluding carboxylic acids is 3. The zero-order chi connectivity index (χ0) is 53.3. The Labute approximate surface area is 443 Å². The van der Waals surface area contributed by atoms with Crippen molar-refractivity contribution in [3.63, 3.8) is 0 Å². The van der Waals surface area contributed by atoms with Crippen molar-refractivity contribution in [3.8, 4) is 0 Å². The molecule has 0 spiro atoms. The summed E-state index contributed by atoms with van der Waals surface area (Å²) < 4.78 is 28.3. The van der Waals surface area contributed by atoms with Crippen molar-refractivity contribution >= 4 is 23.9 Å². The molecule has 6 atom stereocenters. The maximum Gasteiger partial charge on any atom is 0.335 e. The number of aliphatic hydroxyl groups excluding tert-OH is 2. The van der Waals surface area contributed by atoms with Crippen molar-refractivity contribution in [1.82, 2.24) is 0 Å². The molecule has 0 amide bonds. The summed E-state index contributed by atoms with van der Waals surface area (Å²) in [6.07, 6.45) is 47.8. The van der Waals surface area contributed by atoms with Crippen molar-refractivity contribution in [2.75, 3.05) is 13.2 Å². The summed E-state index contributed by atoms with van der Waals surface area (Å²) in [5.74, 6) is -3.15. The zero-order valence-electron chi connectivity index (χ0n) is 46.1. The van der Waals surface area contributed by atoms with Crippen LogP contribution in [0.4, 0.5) is 0 Å². The highest BCUT2D eigenvalue weighted by atomic mass is 16.7. The van der Waals surface area contributed by atoms with Crippen molar-refractivity contribution in [2.24, 2.45) is 0 Å². The number of rotatable bonds is 49. The van der Waals surface area contributed by atoms with Crippen LogP contribution in [0.1, 0.15) is 252 Å². The highest BCUT2D eigenvalue weighted by molar-refractivity contribution is 5.74. The minimum atomic E-state index is -1.90. The molecule has 0 bridgehead atoms. The number of carboxylic acid groups (broad SMARTS) is 1. The first-order chi connectivity index (χ1) is 35.6. The molecule has 1 heterocycles. The summed E-state index contributed by atoms with van der Waals surface area (Å²) in [5, 5.41) is 31.4. The van der Waals surface area contributed by atoms with Gasteiger partial charge in [0.05, 0.1) is 6.61 Å². The van der Waals surface area contributed by atoms with Crippen LogP contribution in [-0.4, -0.2) is 89.2 Å². The topological polar surface area (TPSA) is 175 Å². The lowest BCUT2D eigenvalue weighted by Crippen LogP contribution is -2.61. The summed E-state index contributed by atoms with van der Waals surface area (Å²) >= 11 is 0. The second kappa shape index (κ2) is 49.3. The first-order valence-electron chi connectivity index (χ1n) is 29.3. The fourth-order valence-electron chi connectivity index (χ4n) is 8.63. The Balaban J connectivity index is 2.69. The molecule has 12 nitrogen and oxygen atoms in total. The molecule has 0 radical (unpaired) electrons. The van der Waals surface area contributed by atoms with Gasteiger partial charge in [0.2, 0.25) is 0 Å². The Morgan fingerprint density at radius 2 is 0.863 bits per heavy atom. The molecule has 12 heteroatoms. The van der Waals surface area contributed by atoms with Gasteiger partial charge in [0.1, 0.15) is 18.8 Å². The number of hydrogen-bond acceptors (Lipinski definition) is 11. The highest BCUT2D eigenvalue weighted by Crippen LogP contribution is 2.26. The van der Waals surface area contributed by atoms with Gasteiger partial charge in [-0.1, -0.05) is 229 Å². The van der Waals surface area contributed by atoms with Gasteiger partial charge in [-0.15, -0.1) is 0 Å². The number of hydrogen-bond donors (Lipinski definition) is 3. The molecule has 1 aliphatic heterocycles. The van der Waals surface area contributed by atoms with Crippen LogP contribution in [0.2, 0.25) is 0 Å². The zero-order valence-corrected chi connectivity index (χ0v) is 46.1. The third kappa shape index (κ3) is 39.5. The summed E-state index contributed by atoms with van der Waals surface area (Å²) in [6.45, 7) is 5.83. The number of unbranched alkanes of at least 4 members (excludes halogenated alkanes) is 25. The lowest BCUT2D eigenvalue weighted by Gasteiger charge is -2.40. The molecule has 0 aromatic carbocycles. The number of aliphatic hydroxyl groups is 2. The number of allylic oxidation sites excluding steroid dienone is 10. The Morgan fingerprint density at radius 3 is 1.32 bits per heavy atom. The smallest absolute Gasteiger partial charge is 0.335 e. The fourth-order valence-corrected chi connectivity index (χ4v) is 8.63. The predicted octanol–water partition coefficient (Wildman–Crippen LogP) is 14.8. The van der Waals surface area contributed by atoms with Crippen LogP contribution in [0.5, 0.6) is 0 Å². The number of aliphatic carboxylic acids is 1. The number of carboxylic acids is 1. The molecular weight excluding hydrogens is 925 g/mol. The van der Waals surface area contributed by atoms with E-state index in [1.807, 2.05) is 0 Å². The van der Waals surface area contributed by atoms with E-state index in [1.54, 1.807) is 0 Å². The molecule has 1 aliphatic rings. The molecule has 73 heavy (non-hydrogen) atoms. The molecular formula is C61H104O12. The summed E-state index contributed by atoms with van der Waals surface area (Å²) in [5.41, 5.74) is 0. The van der Waals surface area contributed by atoms with Crippen molar-refractivity contribution in [1.29, 1.82) is 0 Å². The van der Waals surface area contributed by atoms with Crippen molar-refractivity contribution < 1.29 is 58.2 Å². The summed E-state index contributed by atoms with van der Waals surface area (Å²) in [6, 6.07) is 0. The standard InChI is InChI=1S/C61H104O12/c1-4-7-10-13-16-19-21-23-25-26-27-28-30-31-33-36-38-41-44-47-53(62)69-50-52(71-54(63)48-45-42-40-37-34-32-29-24-22-20-17-14-11-8-5-2)51-70-61-59(57(66)56(65)58(73-61)60(67)68)72-55(64)49-46-43-39-35-18-15-12-9-6-3/h7,10,16,19,23,25,27-28,31,33,52,56-59,61,65-66H,4-6,8-9,11-15,17-18,20-22,24,26,29-30,32,34-51H2,1-3H3,(H,67,68)/b10-7-,19-16-,25-23-,28-27-,33-31-. The number of ether oxygens (including phenoxy) is 5. The van der Waals surface area contributed by atoms with Crippen LogP contribution in [0.15, 0.2) is 60.8 Å². The third-order valence-corrected chi connectivity index (χ3v) is 13.1. The predicted molar refractivity (Wildman–Crippen MR) is 294 cm³/mol. The first kappa shape index (κ1) is 67.4. The van der Waals surface area contributed by atoms with Crippen LogP contribution in [0, 0.1) is 0 Å². The highest BCUT2D eigenvalue weighted by Gasteiger charge is 2.50. The fraction of sp³-hybridized carbons (Fsp3) is 0.770. The van der Waals surface area contributed by atoms with Gasteiger partial charge in [-0.2, -0.15) is 0 Å². The maximum atomic E-state index is 13.1. The molecule has 0 saturated carbocycles. The lowest BCUT2D eigenvalue weighted by atomic mass is 9.98. The molecule has 420 valence electrons. The van der Waals surface area contributed by atoms with Crippen LogP contribution in [0.25, 0.3) is 0 Å². The maximum absolute atomic E-state index is 13.1. The van der Waals surface area contributed by atoms with Crippen LogP contribution >= 0.6 is 0 Å². The molecule has 3 N–H and O–H groups in total. The first-order valence-corrected chi connectivity index (χ1v) is 29.3. The molecule has 0 aromatic heterocycles. The third-order valence-electron chi connectivity index (χ3n) is 13.1. The second-order valence-electron chi connectivity index (χ2n) is 19.9. The van der Waals surface area contributed by atoms with E-state index in [-0.39, 0.29) is 25.9 Å². The van der Waals surface area contributed by atoms with Gasteiger partial charge in [-0.3, -0.25) is 14.4 Å². The van der Waals surface area contributed by atoms with Gasteiger partial charge in [-0.05, 0) is 64.2 Å². The van der Waals surface area contributed by atoms with Gasteiger partial charge in [0.25, 0.3) is 0 Å². The molecule has 1 fully saturated rings. The quantitative estimate of drug-likeness (QED) is 0.0228. The van der Waals surface area contributed by atoms with E-state index in [9.17, 15) is 34.5 Å². The van der Waals surface area contributed by atoms with Crippen LogP contribution < -0.4 is 0 Å². The number of esters is 3. The van der Waals surface area contributed by atoms with E-state index >= 15 is 0 Å². The normalized spacial score (nSPS) is 18.7. The van der Waals surface area contributed by atoms with E-state index in [1.165, 1.54) is 96.3 Å². The van der Waals surface area contributed by atoms with Crippen molar-refractivity contribution in [2.45, 2.75) is 289 Å². The molecule has 0 aliphatic carbocycles. The average molecular weight is 1030 g/mol. The minimum Gasteiger partial charge on any atom is -0.479 e. The molecule has 1 saturated heterocycles. The Morgan fingerprint density at radius 1 is 0.466 bits per heavy atom. The second-order valence-corrected chi connectivity index (χ2v) is 19.9. The van der Waals surface area contributed by atoms with E-state index in [4.69, 9.17) is 23.7 Å². The van der Waals surface area contributed by atoms with Gasteiger partial charge in [0.15, 0.2) is 24.6 Å². The van der Waals surface area contributed by atoms with E-state index in [2.05, 4.69) is 81.5 Å². The molecule has 0 aromatic rings. The minimum absolute atomic E-state index is 0.0586. The summed E-state index contributed by atoms with van der Waals surface area (Å²) in [7, 11) is 0. The van der Waals surface area contributed by atoms with Crippen molar-refractivity contribution in [3.05, 3.63) is 60.8 Å². The number of carbonyl (C=O) groups is 4. The SMILES string of the molecule is CC/C=C\C/C=C\C/C=C\C/C=C\C/C=C\CCCCCC(=O)OCC(COC1OC(C(=O)O)C(O)C(O)C1OC(=O)CCCCCCCCCCC)OC(=O)CCCCCCCCCCCCCCCCC. The van der Waals surface area contributed by atoms with Crippen LogP contribution in [0.3, 0.4) is 0 Å². The van der Waals surface area contributed by atoms with E-state index in [0.717, 1.165) is 96.3 Å². The van der Waals surface area contributed by atoms with E-state index < -0.39 is 67.3 Å². The average Bonchev–Trinajstić information content (AvgIpc) is 3.37. The Bertz CT molecular complexity index is 1500. The van der Waals surface area contributed by atoms with E-state index in [0.29, 0.717) is 19.3 Å². The van der Waals surface area contributed by atoms with Gasteiger partial charge in [-0.25, -0.2) is 4.79 Å². The monoisotopic (exact) mass is 1030 g/mol. The Kier molecular flexibility index (Phi) is 45.5. The molecule has 6 unspecified atom stereocenters. The molecule has 1 rings (SSSR count). The van der Waals surface area contributed by atoms with Crippen LogP contribution in [-0.2, 0) is 42.9 Å². The Hall–Kier alpha value is -3.58. The van der Waals surface area contributed by atoms with Gasteiger partial charge >= 0.3 is 23.9 Å².